The lowest BCUT2D eigenvalue weighted by molar-refractivity contribution is 1.18. The molecular formula is C56H38N2. The van der Waals surface area contributed by atoms with Crippen molar-refractivity contribution in [2.24, 2.45) is 0 Å². The Morgan fingerprint density at radius 1 is 0.293 bits per heavy atom. The molecule has 0 saturated heterocycles. The van der Waals surface area contributed by atoms with Crippen LogP contribution in [0.1, 0.15) is 0 Å². The van der Waals surface area contributed by atoms with E-state index in [2.05, 4.69) is 240 Å². The van der Waals surface area contributed by atoms with Gasteiger partial charge in [0, 0.05) is 27.8 Å². The first-order valence-corrected chi connectivity index (χ1v) is 19.9. The first-order valence-electron chi connectivity index (χ1n) is 19.9. The molecule has 0 atom stereocenters. The maximum absolute atomic E-state index is 2.43. The Hall–Kier alpha value is -7.68. The molecule has 0 aliphatic carbocycles. The summed E-state index contributed by atoms with van der Waals surface area (Å²) in [4.78, 5) is 2.43. The molecule has 0 radical (unpaired) electrons. The molecule has 0 bridgehead atoms. The van der Waals surface area contributed by atoms with Gasteiger partial charge in [0.25, 0.3) is 0 Å². The van der Waals surface area contributed by atoms with Gasteiger partial charge in [-0.15, -0.1) is 0 Å². The normalized spacial score (nSPS) is 11.4. The molecule has 2 heteroatoms. The Morgan fingerprint density at radius 2 is 0.741 bits per heavy atom. The zero-order valence-electron chi connectivity index (χ0n) is 31.8. The van der Waals surface area contributed by atoms with Crippen LogP contribution >= 0.6 is 0 Å². The van der Waals surface area contributed by atoms with Gasteiger partial charge in [0.1, 0.15) is 0 Å². The van der Waals surface area contributed by atoms with Gasteiger partial charge in [0.2, 0.25) is 0 Å². The molecule has 0 aliphatic heterocycles. The second-order valence-electron chi connectivity index (χ2n) is 15.0. The van der Waals surface area contributed by atoms with Crippen LogP contribution in [0.5, 0.6) is 0 Å². The lowest BCUT2D eigenvalue weighted by atomic mass is 9.96. The van der Waals surface area contributed by atoms with E-state index in [-0.39, 0.29) is 0 Å². The fourth-order valence-corrected chi connectivity index (χ4v) is 8.69. The van der Waals surface area contributed by atoms with Crippen LogP contribution in [-0.4, -0.2) is 4.57 Å². The van der Waals surface area contributed by atoms with Gasteiger partial charge < -0.3 is 9.47 Å². The number of aromatic nitrogens is 1. The fraction of sp³-hybridized carbons (Fsp3) is 0. The molecule has 58 heavy (non-hydrogen) atoms. The smallest absolute Gasteiger partial charge is 0.0562 e. The monoisotopic (exact) mass is 738 g/mol. The van der Waals surface area contributed by atoms with Gasteiger partial charge in [0.05, 0.1) is 16.7 Å². The highest BCUT2D eigenvalue weighted by molar-refractivity contribution is 6.16. The average molecular weight is 739 g/mol. The molecule has 2 nitrogen and oxygen atoms in total. The van der Waals surface area contributed by atoms with E-state index in [0.717, 1.165) is 22.7 Å². The third-order valence-electron chi connectivity index (χ3n) is 11.5. The van der Waals surface area contributed by atoms with Crippen LogP contribution in [0.2, 0.25) is 0 Å². The van der Waals surface area contributed by atoms with E-state index in [0.29, 0.717) is 0 Å². The minimum absolute atomic E-state index is 1.10. The maximum Gasteiger partial charge on any atom is 0.0562 e. The number of para-hydroxylation sites is 2. The Labute approximate surface area is 338 Å². The molecule has 10 aromatic carbocycles. The highest BCUT2D eigenvalue weighted by Crippen LogP contribution is 2.45. The van der Waals surface area contributed by atoms with Gasteiger partial charge in [-0.25, -0.2) is 0 Å². The number of hydrogen-bond acceptors (Lipinski definition) is 1. The molecule has 1 heterocycles. The van der Waals surface area contributed by atoms with Gasteiger partial charge in [-0.05, 0) is 128 Å². The van der Waals surface area contributed by atoms with Crippen LogP contribution in [-0.2, 0) is 0 Å². The van der Waals surface area contributed by atoms with E-state index < -0.39 is 0 Å². The number of rotatable bonds is 7. The maximum atomic E-state index is 2.43. The summed E-state index contributed by atoms with van der Waals surface area (Å²) in [5.74, 6) is 0. The van der Waals surface area contributed by atoms with Gasteiger partial charge in [0.15, 0.2) is 0 Å². The molecule has 0 aliphatic rings. The lowest BCUT2D eigenvalue weighted by Crippen LogP contribution is -2.10. The van der Waals surface area contributed by atoms with Gasteiger partial charge in [-0.1, -0.05) is 158 Å². The Bertz CT molecular complexity index is 3250. The number of anilines is 3. The first-order chi connectivity index (χ1) is 28.7. The second-order valence-corrected chi connectivity index (χ2v) is 15.0. The second kappa shape index (κ2) is 14.1. The Balaban J connectivity index is 1.03. The van der Waals surface area contributed by atoms with Gasteiger partial charge in [-0.3, -0.25) is 0 Å². The predicted molar refractivity (Wildman–Crippen MR) is 247 cm³/mol. The van der Waals surface area contributed by atoms with Crippen molar-refractivity contribution in [1.29, 1.82) is 0 Å². The molecule has 0 saturated carbocycles. The van der Waals surface area contributed by atoms with Crippen LogP contribution in [0.25, 0.3) is 82.4 Å². The van der Waals surface area contributed by atoms with Crippen molar-refractivity contribution in [3.63, 3.8) is 0 Å². The molecule has 1 aromatic heterocycles. The average Bonchev–Trinajstić information content (AvgIpc) is 3.65. The first kappa shape index (κ1) is 33.6. The lowest BCUT2D eigenvalue weighted by Gasteiger charge is -2.27. The SMILES string of the molecule is c1ccc(-c2ccc(N(c3ccc4cc(-c5ccc6cc(-c7ccccc7)ccc6c5)ccc4c3)c3cccc4c3c3ccccc3n4-c3ccccc3)cc2)cc1. The number of hydrogen-bond donors (Lipinski definition) is 0. The highest BCUT2D eigenvalue weighted by atomic mass is 15.1. The minimum Gasteiger partial charge on any atom is -0.310 e. The quantitative estimate of drug-likeness (QED) is 0.158. The summed E-state index contributed by atoms with van der Waals surface area (Å²) in [5.41, 5.74) is 14.2. The van der Waals surface area contributed by atoms with Crippen molar-refractivity contribution in [2.45, 2.75) is 0 Å². The summed E-state index contributed by atoms with van der Waals surface area (Å²) in [6.45, 7) is 0. The molecule has 0 amide bonds. The largest absolute Gasteiger partial charge is 0.310 e. The van der Waals surface area contributed by atoms with Crippen molar-refractivity contribution >= 4 is 60.4 Å². The van der Waals surface area contributed by atoms with Crippen LogP contribution in [0.4, 0.5) is 17.1 Å². The van der Waals surface area contributed by atoms with Gasteiger partial charge in [-0.2, -0.15) is 0 Å². The van der Waals surface area contributed by atoms with Crippen molar-refractivity contribution in [2.75, 3.05) is 4.90 Å². The predicted octanol–water partition coefficient (Wildman–Crippen LogP) is 15.6. The summed E-state index contributed by atoms with van der Waals surface area (Å²) in [6.07, 6.45) is 0. The molecular weight excluding hydrogens is 701 g/mol. The van der Waals surface area contributed by atoms with E-state index in [1.54, 1.807) is 0 Å². The van der Waals surface area contributed by atoms with Crippen molar-refractivity contribution in [1.82, 2.24) is 4.57 Å². The Kier molecular flexibility index (Phi) is 8.19. The molecule has 11 rings (SSSR count). The topological polar surface area (TPSA) is 8.17 Å². The summed E-state index contributed by atoms with van der Waals surface area (Å²) >= 11 is 0. The number of benzene rings is 10. The minimum atomic E-state index is 1.10. The van der Waals surface area contributed by atoms with Gasteiger partial charge >= 0.3 is 0 Å². The molecule has 0 unspecified atom stereocenters. The van der Waals surface area contributed by atoms with Crippen LogP contribution in [0.15, 0.2) is 231 Å². The zero-order chi connectivity index (χ0) is 38.4. The van der Waals surface area contributed by atoms with Crippen LogP contribution in [0.3, 0.4) is 0 Å². The molecule has 11 aromatic rings. The van der Waals surface area contributed by atoms with E-state index in [9.17, 15) is 0 Å². The summed E-state index contributed by atoms with van der Waals surface area (Å²) in [6, 6.07) is 83.7. The number of fused-ring (bicyclic) bond motifs is 5. The van der Waals surface area contributed by atoms with E-state index in [1.165, 1.54) is 76.7 Å². The molecule has 272 valence electrons. The summed E-state index contributed by atoms with van der Waals surface area (Å²) in [5, 5.41) is 7.33. The number of nitrogens with zero attached hydrogens (tertiary/aromatic N) is 2. The van der Waals surface area contributed by atoms with Crippen LogP contribution < -0.4 is 4.90 Å². The van der Waals surface area contributed by atoms with Crippen molar-refractivity contribution in [3.05, 3.63) is 231 Å². The summed E-state index contributed by atoms with van der Waals surface area (Å²) < 4.78 is 2.39. The zero-order valence-corrected chi connectivity index (χ0v) is 31.8. The molecule has 0 N–H and O–H groups in total. The van der Waals surface area contributed by atoms with E-state index in [4.69, 9.17) is 0 Å². The third kappa shape index (κ3) is 5.91. The highest BCUT2D eigenvalue weighted by Gasteiger charge is 2.21. The standard InChI is InChI=1S/C56H38N2/c1-4-13-39(14-5-1)41-29-32-50(33-30-41)57(54-21-12-22-55-56(54)52-19-10-11-20-53(52)58(55)49-17-8-3-9-18-49)51-34-31-47-37-46(27-28-48(47)38-51)45-26-25-43-35-42(23-24-44(43)36-45)40-15-6-2-7-16-40/h1-38H. The van der Waals surface area contributed by atoms with Crippen molar-refractivity contribution in [3.8, 4) is 39.1 Å². The molecule has 0 fully saturated rings. The van der Waals surface area contributed by atoms with E-state index in [1.807, 2.05) is 0 Å². The fourth-order valence-electron chi connectivity index (χ4n) is 8.69. The molecule has 0 spiro atoms. The van der Waals surface area contributed by atoms with Crippen molar-refractivity contribution < 1.29 is 0 Å². The van der Waals surface area contributed by atoms with Crippen LogP contribution in [0, 0.1) is 0 Å². The Morgan fingerprint density at radius 3 is 1.38 bits per heavy atom. The third-order valence-corrected chi connectivity index (χ3v) is 11.5. The summed E-state index contributed by atoms with van der Waals surface area (Å²) in [7, 11) is 0. The van der Waals surface area contributed by atoms with E-state index >= 15 is 0 Å².